The van der Waals surface area contributed by atoms with E-state index in [4.69, 9.17) is 0 Å². The van der Waals surface area contributed by atoms with Gasteiger partial charge in [0.25, 0.3) is 0 Å². The second-order valence-corrected chi connectivity index (χ2v) is 7.47. The Bertz CT molecular complexity index is 478. The Morgan fingerprint density at radius 1 is 1.48 bits per heavy atom. The average molecular weight is 327 g/mol. The van der Waals surface area contributed by atoms with Gasteiger partial charge in [-0.05, 0) is 42.9 Å². The van der Waals surface area contributed by atoms with Crippen molar-refractivity contribution in [2.24, 2.45) is 5.41 Å². The molecule has 2 atom stereocenters. The Balaban J connectivity index is 0.00000161. The molecular formula is C16H23ClN2OS. The van der Waals surface area contributed by atoms with Crippen molar-refractivity contribution in [3.05, 3.63) is 29.8 Å². The molecule has 1 fully saturated rings. The lowest BCUT2D eigenvalue weighted by atomic mass is 9.83. The van der Waals surface area contributed by atoms with E-state index in [1.165, 1.54) is 23.3 Å². The van der Waals surface area contributed by atoms with E-state index in [1.54, 1.807) is 11.8 Å². The highest BCUT2D eigenvalue weighted by Crippen LogP contribution is 2.36. The molecule has 2 aliphatic rings. The molecule has 0 spiro atoms. The van der Waals surface area contributed by atoms with Gasteiger partial charge in [-0.25, -0.2) is 0 Å². The fourth-order valence-electron chi connectivity index (χ4n) is 3.01. The van der Waals surface area contributed by atoms with Gasteiger partial charge in [0.05, 0.1) is 5.25 Å². The van der Waals surface area contributed by atoms with Crippen LogP contribution < -0.4 is 10.6 Å². The molecule has 1 aromatic rings. The minimum atomic E-state index is 0. The van der Waals surface area contributed by atoms with Gasteiger partial charge in [-0.2, -0.15) is 0 Å². The van der Waals surface area contributed by atoms with E-state index in [9.17, 15) is 4.79 Å². The summed E-state index contributed by atoms with van der Waals surface area (Å²) in [4.78, 5) is 13.6. The van der Waals surface area contributed by atoms with Crippen molar-refractivity contribution in [3.8, 4) is 0 Å². The van der Waals surface area contributed by atoms with Gasteiger partial charge >= 0.3 is 0 Å². The second kappa shape index (κ2) is 7.03. The minimum Gasteiger partial charge on any atom is -0.355 e. The highest BCUT2D eigenvalue weighted by atomic mass is 35.5. The first-order chi connectivity index (χ1) is 9.66. The van der Waals surface area contributed by atoms with Crippen LogP contribution in [0.3, 0.4) is 0 Å². The molecule has 3 nitrogen and oxygen atoms in total. The van der Waals surface area contributed by atoms with E-state index in [-0.39, 0.29) is 29.0 Å². The zero-order valence-corrected chi connectivity index (χ0v) is 14.0. The molecule has 5 heteroatoms. The number of piperidine rings is 1. The quantitative estimate of drug-likeness (QED) is 0.897. The molecular weight excluding hydrogens is 304 g/mol. The van der Waals surface area contributed by atoms with Crippen LogP contribution in [0, 0.1) is 5.41 Å². The zero-order valence-electron chi connectivity index (χ0n) is 12.4. The highest BCUT2D eigenvalue weighted by molar-refractivity contribution is 8.01. The topological polar surface area (TPSA) is 41.1 Å². The number of fused-ring (bicyclic) bond motifs is 1. The van der Waals surface area contributed by atoms with Crippen molar-refractivity contribution < 1.29 is 4.79 Å². The summed E-state index contributed by atoms with van der Waals surface area (Å²) in [7, 11) is 0. The van der Waals surface area contributed by atoms with E-state index in [0.29, 0.717) is 0 Å². The van der Waals surface area contributed by atoms with Gasteiger partial charge in [0, 0.05) is 18.0 Å². The van der Waals surface area contributed by atoms with Crippen LogP contribution in [0.4, 0.5) is 0 Å². The minimum absolute atomic E-state index is 0. The Morgan fingerprint density at radius 3 is 3.00 bits per heavy atom. The largest absolute Gasteiger partial charge is 0.355 e. The molecule has 2 aliphatic heterocycles. The summed E-state index contributed by atoms with van der Waals surface area (Å²) in [5.74, 6) is 0.193. The van der Waals surface area contributed by atoms with Crippen molar-refractivity contribution in [1.29, 1.82) is 0 Å². The molecule has 0 aromatic heterocycles. The number of carbonyl (C=O) groups is 1. The van der Waals surface area contributed by atoms with Crippen LogP contribution in [-0.4, -0.2) is 30.8 Å². The van der Waals surface area contributed by atoms with Gasteiger partial charge in [0.1, 0.15) is 0 Å². The Kier molecular flexibility index (Phi) is 5.58. The molecule has 0 aliphatic carbocycles. The molecule has 21 heavy (non-hydrogen) atoms. The molecule has 1 saturated heterocycles. The third kappa shape index (κ3) is 3.93. The Hall–Kier alpha value is -0.710. The molecule has 0 saturated carbocycles. The molecule has 3 rings (SSSR count). The third-order valence-corrected chi connectivity index (χ3v) is 5.63. The summed E-state index contributed by atoms with van der Waals surface area (Å²) >= 11 is 1.70. The normalized spacial score (nSPS) is 27.6. The standard InChI is InChI=1S/C16H22N2OS.ClH/c1-16(7-4-8-17-10-16)11-18-15(19)14-9-12-5-2-3-6-13(12)20-14;/h2-3,5-6,14,17H,4,7-11H2,1H3,(H,18,19);1H. The van der Waals surface area contributed by atoms with Gasteiger partial charge in [-0.15, -0.1) is 24.2 Å². The number of rotatable bonds is 3. The lowest BCUT2D eigenvalue weighted by Gasteiger charge is -2.34. The van der Waals surface area contributed by atoms with Crippen molar-refractivity contribution in [2.45, 2.75) is 36.3 Å². The first-order valence-corrected chi connectivity index (χ1v) is 8.27. The molecule has 2 heterocycles. The predicted octanol–water partition coefficient (Wildman–Crippen LogP) is 2.63. The maximum atomic E-state index is 12.3. The third-order valence-electron chi connectivity index (χ3n) is 4.31. The number of thioether (sulfide) groups is 1. The van der Waals surface area contributed by atoms with E-state index in [2.05, 4.69) is 35.8 Å². The summed E-state index contributed by atoms with van der Waals surface area (Å²) in [6.45, 7) is 5.16. The molecule has 0 radical (unpaired) electrons. The van der Waals surface area contributed by atoms with Crippen LogP contribution in [0.5, 0.6) is 0 Å². The first-order valence-electron chi connectivity index (χ1n) is 7.39. The Labute approximate surface area is 137 Å². The van der Waals surface area contributed by atoms with Crippen molar-refractivity contribution in [3.63, 3.8) is 0 Å². The van der Waals surface area contributed by atoms with Crippen LogP contribution >= 0.6 is 24.2 Å². The molecule has 2 N–H and O–H groups in total. The number of hydrogen-bond acceptors (Lipinski definition) is 3. The zero-order chi connectivity index (χ0) is 14.0. The SMILES string of the molecule is CC1(CNC(=O)C2Cc3ccccc3S2)CCCNC1.Cl. The van der Waals surface area contributed by atoms with Gasteiger partial charge in [0.2, 0.25) is 5.91 Å². The average Bonchev–Trinajstić information content (AvgIpc) is 2.89. The number of hydrogen-bond donors (Lipinski definition) is 2. The van der Waals surface area contributed by atoms with Crippen molar-refractivity contribution >= 4 is 30.1 Å². The summed E-state index contributed by atoms with van der Waals surface area (Å²) < 4.78 is 0. The smallest absolute Gasteiger partial charge is 0.233 e. The van der Waals surface area contributed by atoms with E-state index >= 15 is 0 Å². The van der Waals surface area contributed by atoms with Gasteiger partial charge < -0.3 is 10.6 Å². The lowest BCUT2D eigenvalue weighted by Crippen LogP contribution is -2.47. The fourth-order valence-corrected chi connectivity index (χ4v) is 4.23. The molecule has 116 valence electrons. The Morgan fingerprint density at radius 2 is 2.29 bits per heavy atom. The second-order valence-electron chi connectivity index (χ2n) is 6.23. The molecule has 1 amide bonds. The van der Waals surface area contributed by atoms with Crippen LogP contribution in [0.15, 0.2) is 29.2 Å². The fraction of sp³-hybridized carbons (Fsp3) is 0.562. The summed E-state index contributed by atoms with van der Waals surface area (Å²) in [5, 5.41) is 6.64. The molecule has 0 bridgehead atoms. The summed E-state index contributed by atoms with van der Waals surface area (Å²) in [5.41, 5.74) is 1.52. The summed E-state index contributed by atoms with van der Waals surface area (Å²) in [6, 6.07) is 8.33. The number of halogens is 1. The van der Waals surface area contributed by atoms with Gasteiger partial charge in [0.15, 0.2) is 0 Å². The van der Waals surface area contributed by atoms with Crippen LogP contribution in [0.25, 0.3) is 0 Å². The molecule has 1 aromatic carbocycles. The number of carbonyl (C=O) groups excluding carboxylic acids is 1. The van der Waals surface area contributed by atoms with E-state index < -0.39 is 0 Å². The van der Waals surface area contributed by atoms with Crippen LogP contribution in [0.2, 0.25) is 0 Å². The summed E-state index contributed by atoms with van der Waals surface area (Å²) in [6.07, 6.45) is 3.26. The monoisotopic (exact) mass is 326 g/mol. The van der Waals surface area contributed by atoms with Crippen molar-refractivity contribution in [2.75, 3.05) is 19.6 Å². The van der Waals surface area contributed by atoms with Crippen LogP contribution in [-0.2, 0) is 11.2 Å². The predicted molar refractivity (Wildman–Crippen MR) is 90.3 cm³/mol. The van der Waals surface area contributed by atoms with Crippen molar-refractivity contribution in [1.82, 2.24) is 10.6 Å². The lowest BCUT2D eigenvalue weighted by molar-refractivity contribution is -0.121. The maximum Gasteiger partial charge on any atom is 0.233 e. The van der Waals surface area contributed by atoms with E-state index in [0.717, 1.165) is 26.1 Å². The highest BCUT2D eigenvalue weighted by Gasteiger charge is 2.31. The first kappa shape index (κ1) is 16.7. The number of benzene rings is 1. The van der Waals surface area contributed by atoms with E-state index in [1.807, 2.05) is 6.07 Å². The number of nitrogens with one attached hydrogen (secondary N) is 2. The maximum absolute atomic E-state index is 12.3. The van der Waals surface area contributed by atoms with Gasteiger partial charge in [-0.3, -0.25) is 4.79 Å². The molecule has 2 unspecified atom stereocenters. The van der Waals surface area contributed by atoms with Crippen LogP contribution in [0.1, 0.15) is 25.3 Å². The number of amides is 1. The van der Waals surface area contributed by atoms with Gasteiger partial charge in [-0.1, -0.05) is 25.1 Å².